The zero-order valence-electron chi connectivity index (χ0n) is 19.3. The second-order valence-corrected chi connectivity index (χ2v) is 8.73. The van der Waals surface area contributed by atoms with Crippen molar-refractivity contribution >= 4 is 17.8 Å². The maximum atomic E-state index is 13.5. The molecule has 34 heavy (non-hydrogen) atoms. The topological polar surface area (TPSA) is 104 Å². The van der Waals surface area contributed by atoms with E-state index in [1.54, 1.807) is 6.07 Å². The molecule has 9 heteroatoms. The van der Waals surface area contributed by atoms with Crippen LogP contribution < -0.4 is 14.8 Å². The first-order chi connectivity index (χ1) is 16.3. The van der Waals surface area contributed by atoms with Crippen molar-refractivity contribution in [2.75, 3.05) is 7.11 Å². The Hall–Kier alpha value is -3.49. The second kappa shape index (κ2) is 9.79. The maximum absolute atomic E-state index is 13.5. The summed E-state index contributed by atoms with van der Waals surface area (Å²) in [4.78, 5) is 41.9. The minimum Gasteiger partial charge on any atom is -0.493 e. The number of hydrogen-bond donors (Lipinski definition) is 1. The van der Waals surface area contributed by atoms with Crippen molar-refractivity contribution in [3.63, 3.8) is 0 Å². The van der Waals surface area contributed by atoms with E-state index in [1.807, 2.05) is 6.92 Å². The number of halogens is 1. The van der Waals surface area contributed by atoms with E-state index in [9.17, 15) is 18.8 Å². The highest BCUT2D eigenvalue weighted by Crippen LogP contribution is 2.36. The number of esters is 2. The summed E-state index contributed by atoms with van der Waals surface area (Å²) in [5.41, 5.74) is 1.71. The Balaban J connectivity index is 1.42. The van der Waals surface area contributed by atoms with E-state index < -0.39 is 30.0 Å². The Morgan fingerprint density at radius 2 is 1.94 bits per heavy atom. The monoisotopic (exact) mass is 470 g/mol. The molecule has 1 amide bonds. The van der Waals surface area contributed by atoms with Crippen LogP contribution in [0.2, 0.25) is 0 Å². The van der Waals surface area contributed by atoms with E-state index in [4.69, 9.17) is 14.2 Å². The van der Waals surface area contributed by atoms with Gasteiger partial charge in [0.15, 0.2) is 11.4 Å². The SMILES string of the molecule is COc1ccnc(C(=O)N[C@@H](C)C(=O)OC2CCc3cc(F)ccc3C2C)c1OC(=O)C1CC1. The van der Waals surface area contributed by atoms with Gasteiger partial charge in [0.05, 0.1) is 13.0 Å². The van der Waals surface area contributed by atoms with Crippen LogP contribution in [0.25, 0.3) is 0 Å². The fourth-order valence-electron chi connectivity index (χ4n) is 4.07. The molecule has 3 atom stereocenters. The lowest BCUT2D eigenvalue weighted by molar-refractivity contribution is -0.152. The molecule has 0 bridgehead atoms. The number of benzene rings is 1. The molecule has 8 nitrogen and oxygen atoms in total. The smallest absolute Gasteiger partial charge is 0.328 e. The van der Waals surface area contributed by atoms with E-state index in [0.717, 1.165) is 24.0 Å². The van der Waals surface area contributed by atoms with Gasteiger partial charge >= 0.3 is 11.9 Å². The summed E-state index contributed by atoms with van der Waals surface area (Å²) in [5.74, 6) is -2.21. The van der Waals surface area contributed by atoms with Crippen LogP contribution in [-0.4, -0.2) is 42.1 Å². The first kappa shape index (κ1) is 23.7. The normalized spacial score (nSPS) is 20.0. The predicted molar refractivity (Wildman–Crippen MR) is 119 cm³/mol. The van der Waals surface area contributed by atoms with Gasteiger partial charge in [0.2, 0.25) is 5.75 Å². The van der Waals surface area contributed by atoms with Crippen LogP contribution in [0.1, 0.15) is 60.6 Å². The maximum Gasteiger partial charge on any atom is 0.328 e. The number of nitrogens with one attached hydrogen (secondary N) is 1. The number of fused-ring (bicyclic) bond motifs is 1. The van der Waals surface area contributed by atoms with E-state index in [-0.39, 0.29) is 34.8 Å². The van der Waals surface area contributed by atoms with Gasteiger partial charge in [-0.2, -0.15) is 0 Å². The number of methoxy groups -OCH3 is 1. The van der Waals surface area contributed by atoms with Crippen molar-refractivity contribution in [2.45, 2.75) is 57.6 Å². The number of nitrogens with zero attached hydrogens (tertiary/aromatic N) is 1. The standard InChI is InChI=1S/C25H27FN2O6/c1-13-18-8-7-17(26)12-16(18)6-9-19(13)33-24(30)14(2)28-23(29)21-22(20(32-3)10-11-27-21)34-25(31)15-4-5-15/h7-8,10-15,19H,4-6,9H2,1-3H3,(H,28,29)/t13?,14-,19?/m0/s1. The summed E-state index contributed by atoms with van der Waals surface area (Å²) in [6.07, 6.45) is 3.60. The van der Waals surface area contributed by atoms with Crippen LogP contribution in [0.3, 0.4) is 0 Å². The molecular formula is C25H27FN2O6. The number of aryl methyl sites for hydroxylation is 1. The molecule has 1 aromatic carbocycles. The molecule has 2 aliphatic rings. The molecular weight excluding hydrogens is 443 g/mol. The number of ether oxygens (including phenoxy) is 3. The number of hydrogen-bond acceptors (Lipinski definition) is 7. The molecule has 2 aliphatic carbocycles. The Morgan fingerprint density at radius 1 is 1.18 bits per heavy atom. The molecule has 0 aliphatic heterocycles. The molecule has 1 aromatic heterocycles. The molecule has 0 spiro atoms. The van der Waals surface area contributed by atoms with Crippen LogP contribution in [0, 0.1) is 11.7 Å². The van der Waals surface area contributed by atoms with Gasteiger partial charge in [-0.3, -0.25) is 9.59 Å². The van der Waals surface area contributed by atoms with Crippen LogP contribution in [0.4, 0.5) is 4.39 Å². The van der Waals surface area contributed by atoms with Gasteiger partial charge in [0.25, 0.3) is 5.91 Å². The van der Waals surface area contributed by atoms with Gasteiger partial charge in [-0.25, -0.2) is 14.2 Å². The van der Waals surface area contributed by atoms with Crippen LogP contribution in [0.15, 0.2) is 30.5 Å². The zero-order chi connectivity index (χ0) is 24.4. The van der Waals surface area contributed by atoms with Crippen molar-refractivity contribution in [1.82, 2.24) is 10.3 Å². The quantitative estimate of drug-likeness (QED) is 0.619. The molecule has 1 fully saturated rings. The van der Waals surface area contributed by atoms with Crippen LogP contribution in [-0.2, 0) is 20.7 Å². The lowest BCUT2D eigenvalue weighted by atomic mass is 9.82. The van der Waals surface area contributed by atoms with Gasteiger partial charge < -0.3 is 19.5 Å². The Kier molecular flexibility index (Phi) is 6.81. The molecule has 4 rings (SSSR count). The number of rotatable bonds is 7. The molecule has 180 valence electrons. The molecule has 1 heterocycles. The highest BCUT2D eigenvalue weighted by atomic mass is 19.1. The summed E-state index contributed by atoms with van der Waals surface area (Å²) < 4.78 is 29.8. The van der Waals surface area contributed by atoms with Crippen molar-refractivity contribution in [1.29, 1.82) is 0 Å². The summed E-state index contributed by atoms with van der Waals surface area (Å²) >= 11 is 0. The van der Waals surface area contributed by atoms with E-state index in [2.05, 4.69) is 10.3 Å². The summed E-state index contributed by atoms with van der Waals surface area (Å²) in [6.45, 7) is 3.44. The van der Waals surface area contributed by atoms with E-state index in [0.29, 0.717) is 12.8 Å². The van der Waals surface area contributed by atoms with E-state index in [1.165, 1.54) is 38.4 Å². The Morgan fingerprint density at radius 3 is 2.65 bits per heavy atom. The molecule has 2 aromatic rings. The molecule has 1 N–H and O–H groups in total. The van der Waals surface area contributed by atoms with E-state index >= 15 is 0 Å². The number of carbonyl (C=O) groups excluding carboxylic acids is 3. The minimum atomic E-state index is -0.978. The zero-order valence-corrected chi connectivity index (χ0v) is 19.3. The first-order valence-corrected chi connectivity index (χ1v) is 11.3. The van der Waals surface area contributed by atoms with Crippen molar-refractivity contribution in [3.8, 4) is 11.5 Å². The molecule has 0 saturated heterocycles. The number of pyridine rings is 1. The largest absolute Gasteiger partial charge is 0.493 e. The van der Waals surface area contributed by atoms with Gasteiger partial charge in [-0.15, -0.1) is 0 Å². The molecule has 1 saturated carbocycles. The summed E-state index contributed by atoms with van der Waals surface area (Å²) in [6, 6.07) is 5.14. The summed E-state index contributed by atoms with van der Waals surface area (Å²) in [7, 11) is 1.39. The lowest BCUT2D eigenvalue weighted by Gasteiger charge is -2.31. The number of aromatic nitrogens is 1. The third kappa shape index (κ3) is 5.03. The third-order valence-electron chi connectivity index (χ3n) is 6.24. The van der Waals surface area contributed by atoms with Gasteiger partial charge in [-0.05, 0) is 55.9 Å². The molecule has 2 unspecified atom stereocenters. The van der Waals surface area contributed by atoms with Gasteiger partial charge in [0.1, 0.15) is 18.0 Å². The lowest BCUT2D eigenvalue weighted by Crippen LogP contribution is -2.42. The minimum absolute atomic E-state index is 0.0790. The van der Waals surface area contributed by atoms with Gasteiger partial charge in [-0.1, -0.05) is 13.0 Å². The summed E-state index contributed by atoms with van der Waals surface area (Å²) in [5, 5.41) is 2.56. The van der Waals surface area contributed by atoms with Crippen molar-refractivity contribution in [3.05, 3.63) is 53.1 Å². The van der Waals surface area contributed by atoms with Crippen molar-refractivity contribution < 1.29 is 33.0 Å². The highest BCUT2D eigenvalue weighted by molar-refractivity contribution is 5.98. The van der Waals surface area contributed by atoms with Crippen LogP contribution in [0.5, 0.6) is 11.5 Å². The third-order valence-corrected chi connectivity index (χ3v) is 6.24. The average molecular weight is 470 g/mol. The fraction of sp³-hybridized carbons (Fsp3) is 0.440. The van der Waals surface area contributed by atoms with Gasteiger partial charge in [0, 0.05) is 18.2 Å². The average Bonchev–Trinajstić information content (AvgIpc) is 3.66. The Bertz CT molecular complexity index is 1120. The number of amides is 1. The second-order valence-electron chi connectivity index (χ2n) is 8.73. The predicted octanol–water partition coefficient (Wildman–Crippen LogP) is 3.32. The molecule has 0 radical (unpaired) electrons. The Labute approximate surface area is 196 Å². The highest BCUT2D eigenvalue weighted by Gasteiger charge is 2.35. The van der Waals surface area contributed by atoms with Crippen LogP contribution >= 0.6 is 0 Å². The first-order valence-electron chi connectivity index (χ1n) is 11.3. The van der Waals surface area contributed by atoms with Crippen molar-refractivity contribution in [2.24, 2.45) is 5.92 Å². The number of carbonyl (C=O) groups is 3. The fourth-order valence-corrected chi connectivity index (χ4v) is 4.07.